The number of nitrogens with zero attached hydrogens (tertiary/aromatic N) is 2. The van der Waals surface area contributed by atoms with Crippen LogP contribution in [0.4, 0.5) is 5.69 Å². The average Bonchev–Trinajstić information content (AvgIpc) is 3.18. The molecule has 6 nitrogen and oxygen atoms in total. The van der Waals surface area contributed by atoms with E-state index in [2.05, 4.69) is 15.5 Å². The molecule has 3 aromatic rings. The van der Waals surface area contributed by atoms with Crippen LogP contribution in [0.2, 0.25) is 0 Å². The lowest BCUT2D eigenvalue weighted by Crippen LogP contribution is -2.13. The minimum absolute atomic E-state index is 0.0907. The van der Waals surface area contributed by atoms with Crippen LogP contribution in [0, 0.1) is 6.92 Å². The number of amides is 1. The van der Waals surface area contributed by atoms with E-state index in [0.717, 1.165) is 11.3 Å². The highest BCUT2D eigenvalue weighted by Crippen LogP contribution is 2.17. The van der Waals surface area contributed by atoms with Gasteiger partial charge in [-0.25, -0.2) is 0 Å². The van der Waals surface area contributed by atoms with Gasteiger partial charge in [-0.3, -0.25) is 4.79 Å². The van der Waals surface area contributed by atoms with Gasteiger partial charge < -0.3 is 14.3 Å². The molecule has 1 aromatic carbocycles. The summed E-state index contributed by atoms with van der Waals surface area (Å²) in [6, 6.07) is 11.1. The average molecular weight is 297 g/mol. The lowest BCUT2D eigenvalue weighted by atomic mass is 10.2. The molecule has 6 heteroatoms. The fourth-order valence-electron chi connectivity index (χ4n) is 2.01. The van der Waals surface area contributed by atoms with Crippen LogP contribution in [0.15, 0.2) is 51.6 Å². The summed E-state index contributed by atoms with van der Waals surface area (Å²) < 4.78 is 10.3. The van der Waals surface area contributed by atoms with Gasteiger partial charge in [-0.1, -0.05) is 23.4 Å². The van der Waals surface area contributed by atoms with Crippen molar-refractivity contribution in [2.24, 2.45) is 0 Å². The smallest absolute Gasteiger partial charge is 0.238 e. The van der Waals surface area contributed by atoms with E-state index < -0.39 is 0 Å². The SMILES string of the molecule is Cc1ccccc1NC(=O)CCc1nc(-c2ccco2)no1. The Morgan fingerprint density at radius 3 is 2.86 bits per heavy atom. The molecule has 0 spiro atoms. The van der Waals surface area contributed by atoms with Gasteiger partial charge in [0, 0.05) is 18.5 Å². The van der Waals surface area contributed by atoms with Gasteiger partial charge in [-0.2, -0.15) is 4.98 Å². The second-order valence-corrected chi connectivity index (χ2v) is 4.85. The third kappa shape index (κ3) is 3.22. The van der Waals surface area contributed by atoms with Crippen LogP contribution < -0.4 is 5.32 Å². The fraction of sp³-hybridized carbons (Fsp3) is 0.188. The zero-order valence-corrected chi connectivity index (χ0v) is 12.1. The summed E-state index contributed by atoms with van der Waals surface area (Å²) in [5.41, 5.74) is 1.84. The van der Waals surface area contributed by atoms with E-state index in [1.54, 1.807) is 18.4 Å². The highest BCUT2D eigenvalue weighted by Gasteiger charge is 2.12. The van der Waals surface area contributed by atoms with E-state index in [9.17, 15) is 4.79 Å². The first-order chi connectivity index (χ1) is 10.7. The summed E-state index contributed by atoms with van der Waals surface area (Å²) >= 11 is 0. The van der Waals surface area contributed by atoms with Gasteiger partial charge in [-0.05, 0) is 30.7 Å². The molecule has 2 aromatic heterocycles. The third-order valence-corrected chi connectivity index (χ3v) is 3.19. The molecular formula is C16H15N3O3. The van der Waals surface area contributed by atoms with Crippen LogP contribution in [0.25, 0.3) is 11.6 Å². The van der Waals surface area contributed by atoms with Crippen LogP contribution >= 0.6 is 0 Å². The first-order valence-electron chi connectivity index (χ1n) is 6.94. The molecular weight excluding hydrogens is 282 g/mol. The predicted molar refractivity (Wildman–Crippen MR) is 80.1 cm³/mol. The molecule has 0 saturated carbocycles. The van der Waals surface area contributed by atoms with Crippen molar-refractivity contribution in [2.75, 3.05) is 5.32 Å². The van der Waals surface area contributed by atoms with Gasteiger partial charge >= 0.3 is 0 Å². The van der Waals surface area contributed by atoms with Gasteiger partial charge in [0.05, 0.1) is 6.26 Å². The minimum atomic E-state index is -0.0907. The molecule has 22 heavy (non-hydrogen) atoms. The summed E-state index contributed by atoms with van der Waals surface area (Å²) in [4.78, 5) is 16.2. The Hall–Kier alpha value is -2.89. The molecule has 0 aliphatic rings. The molecule has 1 amide bonds. The minimum Gasteiger partial charge on any atom is -0.461 e. The van der Waals surface area contributed by atoms with Crippen LogP contribution in [0.1, 0.15) is 17.9 Å². The quantitative estimate of drug-likeness (QED) is 0.782. The van der Waals surface area contributed by atoms with E-state index in [1.165, 1.54) is 0 Å². The molecule has 0 fully saturated rings. The molecule has 0 saturated heterocycles. The summed E-state index contributed by atoms with van der Waals surface area (Å²) in [7, 11) is 0. The molecule has 2 heterocycles. The fourth-order valence-corrected chi connectivity index (χ4v) is 2.01. The van der Waals surface area contributed by atoms with Crippen molar-refractivity contribution in [2.45, 2.75) is 19.8 Å². The second kappa shape index (κ2) is 6.26. The lowest BCUT2D eigenvalue weighted by Gasteiger charge is -2.06. The normalized spacial score (nSPS) is 10.6. The number of para-hydroxylation sites is 1. The van der Waals surface area contributed by atoms with Crippen LogP contribution in [-0.2, 0) is 11.2 Å². The van der Waals surface area contributed by atoms with Crippen molar-refractivity contribution in [1.82, 2.24) is 10.1 Å². The molecule has 0 radical (unpaired) electrons. The number of carbonyl (C=O) groups is 1. The predicted octanol–water partition coefficient (Wildman–Crippen LogP) is 3.21. The number of carbonyl (C=O) groups excluding carboxylic acids is 1. The van der Waals surface area contributed by atoms with Crippen LogP contribution in [0.5, 0.6) is 0 Å². The maximum Gasteiger partial charge on any atom is 0.238 e. The molecule has 0 atom stereocenters. The number of benzene rings is 1. The van der Waals surface area contributed by atoms with Crippen molar-refractivity contribution in [1.29, 1.82) is 0 Å². The summed E-state index contributed by atoms with van der Waals surface area (Å²) in [5, 5.41) is 6.69. The van der Waals surface area contributed by atoms with Gasteiger partial charge in [0.2, 0.25) is 17.6 Å². The van der Waals surface area contributed by atoms with Gasteiger partial charge in [0.1, 0.15) is 0 Å². The zero-order valence-electron chi connectivity index (χ0n) is 12.1. The highest BCUT2D eigenvalue weighted by molar-refractivity contribution is 5.91. The third-order valence-electron chi connectivity index (χ3n) is 3.19. The van der Waals surface area contributed by atoms with E-state index in [1.807, 2.05) is 31.2 Å². The number of hydrogen-bond acceptors (Lipinski definition) is 5. The Labute approximate surface area is 127 Å². The van der Waals surface area contributed by atoms with E-state index in [-0.39, 0.29) is 12.3 Å². The number of hydrogen-bond donors (Lipinski definition) is 1. The van der Waals surface area contributed by atoms with E-state index in [4.69, 9.17) is 8.94 Å². The van der Waals surface area contributed by atoms with Crippen LogP contribution in [-0.4, -0.2) is 16.0 Å². The zero-order chi connectivity index (χ0) is 15.4. The summed E-state index contributed by atoms with van der Waals surface area (Å²) in [6.07, 6.45) is 2.19. The molecule has 0 unspecified atom stereocenters. The summed E-state index contributed by atoms with van der Waals surface area (Å²) in [6.45, 7) is 1.95. The van der Waals surface area contributed by atoms with Crippen LogP contribution in [0.3, 0.4) is 0 Å². The number of anilines is 1. The molecule has 112 valence electrons. The summed E-state index contributed by atoms with van der Waals surface area (Å²) in [5.74, 6) is 1.25. The van der Waals surface area contributed by atoms with Gasteiger partial charge in [-0.15, -0.1) is 0 Å². The second-order valence-electron chi connectivity index (χ2n) is 4.85. The topological polar surface area (TPSA) is 81.2 Å². The van der Waals surface area contributed by atoms with Crippen molar-refractivity contribution in [3.05, 3.63) is 54.1 Å². The van der Waals surface area contributed by atoms with E-state index in [0.29, 0.717) is 23.9 Å². The van der Waals surface area contributed by atoms with Gasteiger partial charge in [0.15, 0.2) is 5.76 Å². The molecule has 1 N–H and O–H groups in total. The largest absolute Gasteiger partial charge is 0.461 e. The van der Waals surface area contributed by atoms with E-state index >= 15 is 0 Å². The first kappa shape index (κ1) is 14.1. The van der Waals surface area contributed by atoms with Crippen molar-refractivity contribution >= 4 is 11.6 Å². The molecule has 0 bridgehead atoms. The lowest BCUT2D eigenvalue weighted by molar-refractivity contribution is -0.116. The Morgan fingerprint density at radius 2 is 2.09 bits per heavy atom. The Kier molecular flexibility index (Phi) is 4.00. The van der Waals surface area contributed by atoms with Crippen molar-refractivity contribution in [3.8, 4) is 11.6 Å². The maximum atomic E-state index is 12.0. The number of furan rings is 1. The molecule has 0 aliphatic heterocycles. The number of aryl methyl sites for hydroxylation is 2. The highest BCUT2D eigenvalue weighted by atomic mass is 16.5. The molecule has 0 aliphatic carbocycles. The number of aromatic nitrogens is 2. The maximum absolute atomic E-state index is 12.0. The van der Waals surface area contributed by atoms with Crippen molar-refractivity contribution in [3.63, 3.8) is 0 Å². The Bertz CT molecular complexity index is 763. The first-order valence-corrected chi connectivity index (χ1v) is 6.94. The standard InChI is InChI=1S/C16H15N3O3/c1-11-5-2-3-6-12(11)17-14(20)8-9-15-18-16(19-22-15)13-7-4-10-21-13/h2-7,10H,8-9H2,1H3,(H,17,20). The number of nitrogens with one attached hydrogen (secondary N) is 1. The Balaban J connectivity index is 1.56. The van der Waals surface area contributed by atoms with Gasteiger partial charge in [0.25, 0.3) is 0 Å². The van der Waals surface area contributed by atoms with Crippen molar-refractivity contribution < 1.29 is 13.7 Å². The Morgan fingerprint density at radius 1 is 1.23 bits per heavy atom. The molecule has 3 rings (SSSR count). The number of rotatable bonds is 5. The monoisotopic (exact) mass is 297 g/mol.